The number of hydrogen-bond donors (Lipinski definition) is 0. The molecule has 0 saturated heterocycles. The Morgan fingerprint density at radius 2 is 0.898 bits per heavy atom. The predicted molar refractivity (Wildman–Crippen MR) is 241 cm³/mol. The van der Waals surface area contributed by atoms with Crippen LogP contribution >= 0.6 is 0 Å². The maximum absolute atomic E-state index is 8.02. The molecule has 1 spiro atoms. The fourth-order valence-electron chi connectivity index (χ4n) is 9.88. The first kappa shape index (κ1) is 33.2. The Balaban J connectivity index is 1.06. The van der Waals surface area contributed by atoms with Gasteiger partial charge in [0.15, 0.2) is 11.5 Å². The van der Waals surface area contributed by atoms with E-state index in [9.17, 15) is 0 Å². The van der Waals surface area contributed by atoms with Crippen molar-refractivity contribution in [3.8, 4) is 67.3 Å². The van der Waals surface area contributed by atoms with Gasteiger partial charge >= 0.3 is 0 Å². The summed E-state index contributed by atoms with van der Waals surface area (Å²) in [7, 11) is 0. The lowest BCUT2D eigenvalue weighted by molar-refractivity contribution is 0.794. The zero-order valence-electron chi connectivity index (χ0n) is 31.9. The molecular formula is C56H33N3. The molecule has 0 fully saturated rings. The molecule has 3 heteroatoms. The van der Waals surface area contributed by atoms with Gasteiger partial charge in [-0.1, -0.05) is 176 Å². The molecule has 3 nitrogen and oxygen atoms in total. The van der Waals surface area contributed by atoms with E-state index in [1.165, 1.54) is 54.9 Å². The second kappa shape index (κ2) is 12.8. The third kappa shape index (κ3) is 4.94. The van der Waals surface area contributed by atoms with Crippen molar-refractivity contribution in [3.63, 3.8) is 0 Å². The van der Waals surface area contributed by atoms with E-state index in [4.69, 9.17) is 16.5 Å². The molecule has 0 atom stereocenters. The van der Waals surface area contributed by atoms with Crippen LogP contribution in [0.3, 0.4) is 0 Å². The number of nitrogens with zero attached hydrogens (tertiary/aromatic N) is 3. The lowest BCUT2D eigenvalue weighted by Crippen LogP contribution is -2.25. The van der Waals surface area contributed by atoms with Crippen molar-refractivity contribution in [2.24, 2.45) is 0 Å². The van der Waals surface area contributed by atoms with Crippen molar-refractivity contribution in [3.05, 3.63) is 234 Å². The van der Waals surface area contributed by atoms with Crippen LogP contribution in [-0.4, -0.2) is 9.97 Å². The van der Waals surface area contributed by atoms with E-state index in [1.54, 1.807) is 0 Å². The van der Waals surface area contributed by atoms with Crippen molar-refractivity contribution in [1.29, 1.82) is 0 Å². The average molecular weight is 748 g/mol. The van der Waals surface area contributed by atoms with Crippen molar-refractivity contribution in [2.45, 2.75) is 5.41 Å². The molecule has 9 aromatic carbocycles. The number of rotatable bonds is 4. The molecule has 0 aliphatic heterocycles. The van der Waals surface area contributed by atoms with E-state index in [0.29, 0.717) is 11.5 Å². The highest BCUT2D eigenvalue weighted by molar-refractivity contribution is 6.01. The lowest BCUT2D eigenvalue weighted by atomic mass is 9.70. The van der Waals surface area contributed by atoms with Gasteiger partial charge in [-0.15, -0.1) is 0 Å². The topological polar surface area (TPSA) is 30.1 Å². The van der Waals surface area contributed by atoms with Crippen molar-refractivity contribution in [1.82, 2.24) is 9.97 Å². The smallest absolute Gasteiger partial charge is 0.187 e. The first-order valence-corrected chi connectivity index (χ1v) is 20.0. The Bertz CT molecular complexity index is 3280. The van der Waals surface area contributed by atoms with Gasteiger partial charge in [0, 0.05) is 16.7 Å². The highest BCUT2D eigenvalue weighted by Gasteiger charge is 2.52. The summed E-state index contributed by atoms with van der Waals surface area (Å²) in [6, 6.07) is 71.4. The van der Waals surface area contributed by atoms with Crippen molar-refractivity contribution >= 4 is 27.2 Å². The van der Waals surface area contributed by atoms with Crippen LogP contribution < -0.4 is 0 Å². The Morgan fingerprint density at radius 3 is 1.54 bits per heavy atom. The Morgan fingerprint density at radius 1 is 0.356 bits per heavy atom. The zero-order chi connectivity index (χ0) is 39.1. The van der Waals surface area contributed by atoms with Crippen LogP contribution in [0.4, 0.5) is 5.69 Å². The molecule has 0 unspecified atom stereocenters. The molecule has 272 valence electrons. The zero-order valence-corrected chi connectivity index (χ0v) is 31.9. The third-order valence-corrected chi connectivity index (χ3v) is 12.5. The third-order valence-electron chi connectivity index (χ3n) is 12.5. The molecule has 10 aromatic rings. The maximum atomic E-state index is 8.02. The predicted octanol–water partition coefficient (Wildman–Crippen LogP) is 14.3. The lowest BCUT2D eigenvalue weighted by Gasteiger charge is -2.30. The highest BCUT2D eigenvalue weighted by atomic mass is 14.9. The molecule has 2 aliphatic rings. The SMILES string of the molecule is [C-]#[N+]c1ccc2c(c1)C1(c3ccccc3-c3ccccc31)c1cccc(-c3cccc(-c4nc(-c5ccc6ccccc6c5)cc(-c5ccc6ccccc6c5)n4)c3)c1-2. The summed E-state index contributed by atoms with van der Waals surface area (Å²) in [5, 5.41) is 4.74. The Labute approximate surface area is 342 Å². The quantitative estimate of drug-likeness (QED) is 0.168. The van der Waals surface area contributed by atoms with Gasteiger partial charge in [0.2, 0.25) is 0 Å². The second-order valence-electron chi connectivity index (χ2n) is 15.6. The highest BCUT2D eigenvalue weighted by Crippen LogP contribution is 2.64. The molecule has 0 saturated carbocycles. The van der Waals surface area contributed by atoms with Crippen molar-refractivity contribution < 1.29 is 0 Å². The molecule has 0 radical (unpaired) electrons. The van der Waals surface area contributed by atoms with Crippen molar-refractivity contribution in [2.75, 3.05) is 0 Å². The number of aromatic nitrogens is 2. The number of fused-ring (bicyclic) bond motifs is 12. The summed E-state index contributed by atoms with van der Waals surface area (Å²) in [5.41, 5.74) is 16.9. The summed E-state index contributed by atoms with van der Waals surface area (Å²) in [6.07, 6.45) is 0. The Kier molecular flexibility index (Phi) is 7.21. The second-order valence-corrected chi connectivity index (χ2v) is 15.6. The molecule has 12 rings (SSSR count). The number of benzene rings is 9. The first-order valence-electron chi connectivity index (χ1n) is 20.0. The largest absolute Gasteiger partial charge is 0.238 e. The standard InChI is InChI=1S/C56H33N3/c1-57-43-28-29-47-51(33-43)56(48-21-8-6-18-45(48)46-19-7-9-22-49(46)56)50-23-11-20-44(54(47)50)39-16-10-17-42(32-39)55-58-52(40-26-24-35-12-2-4-14-37(35)30-40)34-53(59-55)41-27-25-36-13-3-5-15-38(36)31-41/h2-34H. The van der Waals surface area contributed by atoms with E-state index in [-0.39, 0.29) is 0 Å². The van der Waals surface area contributed by atoms with Crippen LogP contribution in [0.2, 0.25) is 0 Å². The summed E-state index contributed by atoms with van der Waals surface area (Å²) >= 11 is 0. The van der Waals surface area contributed by atoms with Crippen LogP contribution in [0, 0.1) is 6.57 Å². The summed E-state index contributed by atoms with van der Waals surface area (Å²) in [6.45, 7) is 8.02. The van der Waals surface area contributed by atoms with Crippen LogP contribution in [0.25, 0.3) is 93.7 Å². The van der Waals surface area contributed by atoms with E-state index < -0.39 is 5.41 Å². The molecule has 0 amide bonds. The molecule has 2 aliphatic carbocycles. The van der Waals surface area contributed by atoms with Gasteiger partial charge in [-0.3, -0.25) is 0 Å². The minimum absolute atomic E-state index is 0.543. The van der Waals surface area contributed by atoms with Gasteiger partial charge < -0.3 is 0 Å². The normalized spacial score (nSPS) is 12.9. The van der Waals surface area contributed by atoms with Gasteiger partial charge in [-0.2, -0.15) is 0 Å². The fraction of sp³-hybridized carbons (Fsp3) is 0.0179. The van der Waals surface area contributed by atoms with Gasteiger partial charge in [-0.25, -0.2) is 14.8 Å². The first-order chi connectivity index (χ1) is 29.2. The number of hydrogen-bond acceptors (Lipinski definition) is 2. The summed E-state index contributed by atoms with van der Waals surface area (Å²) in [4.78, 5) is 14.5. The minimum Gasteiger partial charge on any atom is -0.238 e. The van der Waals surface area contributed by atoms with E-state index in [1.807, 2.05) is 6.07 Å². The molecule has 59 heavy (non-hydrogen) atoms. The molecular weight excluding hydrogens is 715 g/mol. The van der Waals surface area contributed by atoms with E-state index in [0.717, 1.165) is 50.3 Å². The Hall–Kier alpha value is -7.93. The molecule has 0 bridgehead atoms. The maximum Gasteiger partial charge on any atom is 0.187 e. The van der Waals surface area contributed by atoms with E-state index >= 15 is 0 Å². The average Bonchev–Trinajstić information content (AvgIpc) is 3.78. The minimum atomic E-state index is -0.543. The molecule has 0 N–H and O–H groups in total. The van der Waals surface area contributed by atoms with Gasteiger partial charge in [-0.05, 0) is 101 Å². The summed E-state index contributed by atoms with van der Waals surface area (Å²) < 4.78 is 0. The van der Waals surface area contributed by atoms with Gasteiger partial charge in [0.25, 0.3) is 0 Å². The monoisotopic (exact) mass is 747 g/mol. The molecule has 1 heterocycles. The van der Waals surface area contributed by atoms with Crippen LogP contribution in [-0.2, 0) is 5.41 Å². The van der Waals surface area contributed by atoms with Crippen LogP contribution in [0.5, 0.6) is 0 Å². The van der Waals surface area contributed by atoms with Gasteiger partial charge in [0.05, 0.1) is 23.4 Å². The fourth-order valence-corrected chi connectivity index (χ4v) is 9.88. The van der Waals surface area contributed by atoms with Crippen LogP contribution in [0.1, 0.15) is 22.3 Å². The van der Waals surface area contributed by atoms with Gasteiger partial charge in [0.1, 0.15) is 0 Å². The van der Waals surface area contributed by atoms with Crippen LogP contribution in [0.15, 0.2) is 200 Å². The van der Waals surface area contributed by atoms with E-state index in [2.05, 4.69) is 199 Å². The summed E-state index contributed by atoms with van der Waals surface area (Å²) in [5.74, 6) is 0.672. The molecule has 1 aromatic heterocycles.